The van der Waals surface area contributed by atoms with Crippen LogP contribution in [0.25, 0.3) is 0 Å². The first-order valence-corrected chi connectivity index (χ1v) is 4.82. The second kappa shape index (κ2) is 5.35. The normalized spacial score (nSPS) is 10.2. The van der Waals surface area contributed by atoms with Crippen LogP contribution in [0.4, 0.5) is 4.39 Å². The van der Waals surface area contributed by atoms with Crippen molar-refractivity contribution in [1.29, 1.82) is 0 Å². The third-order valence-electron chi connectivity index (χ3n) is 1.57. The van der Waals surface area contributed by atoms with Crippen LogP contribution >= 0.6 is 23.2 Å². The summed E-state index contributed by atoms with van der Waals surface area (Å²) in [5.41, 5.74) is 0.785. The molecule has 0 amide bonds. The van der Waals surface area contributed by atoms with Gasteiger partial charge in [0.15, 0.2) is 0 Å². The summed E-state index contributed by atoms with van der Waals surface area (Å²) in [6.07, 6.45) is 0. The maximum absolute atomic E-state index is 12.9. The van der Waals surface area contributed by atoms with Gasteiger partial charge in [0.25, 0.3) is 0 Å². The third kappa shape index (κ3) is 4.09. The number of hydrogen-bond donors (Lipinski definition) is 1. The lowest BCUT2D eigenvalue weighted by Gasteiger charge is -2.04. The molecule has 0 spiro atoms. The van der Waals surface area contributed by atoms with Crippen molar-refractivity contribution < 1.29 is 4.39 Å². The number of hydrogen-bond acceptors (Lipinski definition) is 1. The second-order valence-electron chi connectivity index (χ2n) is 2.90. The quantitative estimate of drug-likeness (QED) is 0.842. The van der Waals surface area contributed by atoms with E-state index in [4.69, 9.17) is 23.2 Å². The van der Waals surface area contributed by atoms with Crippen LogP contribution in [0, 0.1) is 5.82 Å². The molecule has 14 heavy (non-hydrogen) atoms. The number of benzene rings is 1. The van der Waals surface area contributed by atoms with Crippen molar-refractivity contribution in [2.24, 2.45) is 0 Å². The Balaban J connectivity index is 2.54. The Hall–Kier alpha value is -0.570. The molecule has 76 valence electrons. The number of nitrogens with one attached hydrogen (secondary N) is 1. The van der Waals surface area contributed by atoms with Crippen molar-refractivity contribution in [1.82, 2.24) is 5.32 Å². The van der Waals surface area contributed by atoms with E-state index in [1.807, 2.05) is 0 Å². The van der Waals surface area contributed by atoms with Gasteiger partial charge >= 0.3 is 0 Å². The first-order valence-electron chi connectivity index (χ1n) is 4.07. The van der Waals surface area contributed by atoms with Gasteiger partial charge in [-0.05, 0) is 23.8 Å². The van der Waals surface area contributed by atoms with Gasteiger partial charge in [-0.1, -0.05) is 29.8 Å². The summed E-state index contributed by atoms with van der Waals surface area (Å²) in [5, 5.41) is 3.91. The van der Waals surface area contributed by atoms with Crippen LogP contribution in [-0.4, -0.2) is 6.54 Å². The highest BCUT2D eigenvalue weighted by Crippen LogP contribution is 2.13. The Kier molecular flexibility index (Phi) is 4.39. The zero-order valence-electron chi connectivity index (χ0n) is 7.49. The SMILES string of the molecule is C=C(Cl)CNCc1cc(F)cc(Cl)c1. The summed E-state index contributed by atoms with van der Waals surface area (Å²) in [6, 6.07) is 4.40. The lowest BCUT2D eigenvalue weighted by Crippen LogP contribution is -2.14. The Morgan fingerprint density at radius 3 is 2.71 bits per heavy atom. The molecule has 1 aromatic rings. The monoisotopic (exact) mass is 233 g/mol. The molecule has 0 saturated heterocycles. The fraction of sp³-hybridized carbons (Fsp3) is 0.200. The minimum Gasteiger partial charge on any atom is -0.308 e. The lowest BCUT2D eigenvalue weighted by molar-refractivity contribution is 0.623. The highest BCUT2D eigenvalue weighted by molar-refractivity contribution is 6.30. The average Bonchev–Trinajstić information content (AvgIpc) is 2.01. The van der Waals surface area contributed by atoms with Crippen LogP contribution in [0.2, 0.25) is 5.02 Å². The van der Waals surface area contributed by atoms with Gasteiger partial charge in [-0.2, -0.15) is 0 Å². The summed E-state index contributed by atoms with van der Waals surface area (Å²) >= 11 is 11.2. The van der Waals surface area contributed by atoms with Gasteiger partial charge in [0.1, 0.15) is 5.82 Å². The molecule has 1 nitrogen and oxygen atoms in total. The molecule has 4 heteroatoms. The van der Waals surface area contributed by atoms with Gasteiger partial charge in [0.2, 0.25) is 0 Å². The van der Waals surface area contributed by atoms with Crippen molar-refractivity contribution in [3.8, 4) is 0 Å². The summed E-state index contributed by atoms with van der Waals surface area (Å²) in [5.74, 6) is -0.334. The fourth-order valence-corrected chi connectivity index (χ4v) is 1.39. The highest BCUT2D eigenvalue weighted by Gasteiger charge is 1.98. The van der Waals surface area contributed by atoms with Crippen molar-refractivity contribution in [3.05, 3.63) is 46.2 Å². The van der Waals surface area contributed by atoms with Crippen molar-refractivity contribution in [2.75, 3.05) is 6.54 Å². The molecule has 0 radical (unpaired) electrons. The molecule has 0 aromatic heterocycles. The molecule has 0 bridgehead atoms. The van der Waals surface area contributed by atoms with Gasteiger partial charge in [-0.25, -0.2) is 4.39 Å². The van der Waals surface area contributed by atoms with Gasteiger partial charge in [0.05, 0.1) is 0 Å². The molecule has 1 aromatic carbocycles. The van der Waals surface area contributed by atoms with Gasteiger partial charge in [-0.3, -0.25) is 0 Å². The molecule has 0 heterocycles. The van der Waals surface area contributed by atoms with E-state index in [-0.39, 0.29) is 5.82 Å². The van der Waals surface area contributed by atoms with E-state index in [9.17, 15) is 4.39 Å². The molecule has 0 saturated carbocycles. The highest BCUT2D eigenvalue weighted by atomic mass is 35.5. The smallest absolute Gasteiger partial charge is 0.125 e. The van der Waals surface area contributed by atoms with Crippen LogP contribution in [0.1, 0.15) is 5.56 Å². The van der Waals surface area contributed by atoms with Crippen LogP contribution in [-0.2, 0) is 6.54 Å². The molecule has 0 fully saturated rings. The summed E-state index contributed by atoms with van der Waals surface area (Å²) in [6.45, 7) is 4.54. The predicted octanol–water partition coefficient (Wildman–Crippen LogP) is 3.32. The summed E-state index contributed by atoms with van der Waals surface area (Å²) < 4.78 is 12.9. The second-order valence-corrected chi connectivity index (χ2v) is 3.87. The molecule has 0 aliphatic heterocycles. The molecular weight excluding hydrogens is 224 g/mol. The van der Waals surface area contributed by atoms with Crippen molar-refractivity contribution in [3.63, 3.8) is 0 Å². The zero-order chi connectivity index (χ0) is 10.6. The van der Waals surface area contributed by atoms with Crippen molar-refractivity contribution >= 4 is 23.2 Å². The van der Waals surface area contributed by atoms with E-state index >= 15 is 0 Å². The van der Waals surface area contributed by atoms with Crippen LogP contribution in [0.5, 0.6) is 0 Å². The van der Waals surface area contributed by atoms with Crippen LogP contribution in [0.3, 0.4) is 0 Å². The predicted molar refractivity (Wildman–Crippen MR) is 58.1 cm³/mol. The minimum atomic E-state index is -0.334. The molecule has 0 atom stereocenters. The molecule has 0 unspecified atom stereocenters. The van der Waals surface area contributed by atoms with Gasteiger partial charge in [-0.15, -0.1) is 0 Å². The average molecular weight is 234 g/mol. The Morgan fingerprint density at radius 1 is 1.43 bits per heavy atom. The van der Waals surface area contributed by atoms with E-state index in [0.29, 0.717) is 23.1 Å². The maximum atomic E-state index is 12.9. The molecule has 1 N–H and O–H groups in total. The maximum Gasteiger partial charge on any atom is 0.125 e. The van der Waals surface area contributed by atoms with E-state index in [2.05, 4.69) is 11.9 Å². The third-order valence-corrected chi connectivity index (χ3v) is 1.92. The fourth-order valence-electron chi connectivity index (χ4n) is 1.06. The van der Waals surface area contributed by atoms with Crippen molar-refractivity contribution in [2.45, 2.75) is 6.54 Å². The Bertz CT molecular complexity index is 319. The van der Waals surface area contributed by atoms with Crippen LogP contribution in [0.15, 0.2) is 29.8 Å². The van der Waals surface area contributed by atoms with E-state index in [1.165, 1.54) is 12.1 Å². The number of halogens is 3. The zero-order valence-corrected chi connectivity index (χ0v) is 9.00. The van der Waals surface area contributed by atoms with Crippen LogP contribution < -0.4 is 5.32 Å². The minimum absolute atomic E-state index is 0.334. The standard InChI is InChI=1S/C10H10Cl2FN/c1-7(11)5-14-6-8-2-9(12)4-10(13)3-8/h2-4,14H,1,5-6H2. The topological polar surface area (TPSA) is 12.0 Å². The molecule has 1 rings (SSSR count). The molecule has 0 aliphatic carbocycles. The molecule has 0 aliphatic rings. The van der Waals surface area contributed by atoms with E-state index in [0.717, 1.165) is 5.56 Å². The lowest BCUT2D eigenvalue weighted by atomic mass is 10.2. The Labute approximate surface area is 92.5 Å². The summed E-state index contributed by atoms with van der Waals surface area (Å²) in [7, 11) is 0. The number of rotatable bonds is 4. The van der Waals surface area contributed by atoms with E-state index < -0.39 is 0 Å². The Morgan fingerprint density at radius 2 is 2.14 bits per heavy atom. The first kappa shape index (κ1) is 11.5. The largest absolute Gasteiger partial charge is 0.308 e. The van der Waals surface area contributed by atoms with Gasteiger partial charge in [0, 0.05) is 23.1 Å². The summed E-state index contributed by atoms with van der Waals surface area (Å²) in [4.78, 5) is 0. The van der Waals surface area contributed by atoms with E-state index in [1.54, 1.807) is 6.07 Å². The van der Waals surface area contributed by atoms with Gasteiger partial charge < -0.3 is 5.32 Å². The molecular formula is C10H10Cl2FN. The first-order chi connectivity index (χ1) is 6.58.